The molecule has 2 atom stereocenters. The van der Waals surface area contributed by atoms with E-state index in [0.29, 0.717) is 13.0 Å². The molecule has 1 aromatic rings. The van der Waals surface area contributed by atoms with Crippen molar-refractivity contribution in [2.75, 3.05) is 20.3 Å². The van der Waals surface area contributed by atoms with E-state index >= 15 is 0 Å². The average Bonchev–Trinajstić information content (AvgIpc) is 2.42. The van der Waals surface area contributed by atoms with Crippen molar-refractivity contribution in [3.63, 3.8) is 0 Å². The third kappa shape index (κ3) is 4.96. The summed E-state index contributed by atoms with van der Waals surface area (Å²) in [5.74, 6) is -0.850. The van der Waals surface area contributed by atoms with E-state index in [1.54, 1.807) is 26.2 Å². The number of halogens is 1. The van der Waals surface area contributed by atoms with Gasteiger partial charge >= 0.3 is 0 Å². The fraction of sp³-hybridized carbons (Fsp3) is 0.500. The lowest BCUT2D eigenvalue weighted by Gasteiger charge is -2.15. The van der Waals surface area contributed by atoms with Crippen LogP contribution in [-0.2, 0) is 9.53 Å². The van der Waals surface area contributed by atoms with Crippen molar-refractivity contribution >= 4 is 5.91 Å². The first kappa shape index (κ1) is 15.6. The van der Waals surface area contributed by atoms with Gasteiger partial charge in [0.2, 0.25) is 5.91 Å². The molecule has 0 aliphatic heterocycles. The summed E-state index contributed by atoms with van der Waals surface area (Å²) in [7, 11) is 1.58. The van der Waals surface area contributed by atoms with Gasteiger partial charge in [0.25, 0.3) is 0 Å². The number of amides is 1. The van der Waals surface area contributed by atoms with Gasteiger partial charge in [-0.3, -0.25) is 4.79 Å². The molecule has 106 valence electrons. The molecule has 2 N–H and O–H groups in total. The Morgan fingerprint density at radius 1 is 1.47 bits per heavy atom. The van der Waals surface area contributed by atoms with Gasteiger partial charge in [-0.25, -0.2) is 4.39 Å². The number of methoxy groups -OCH3 is 1. The van der Waals surface area contributed by atoms with Gasteiger partial charge in [-0.1, -0.05) is 25.1 Å². The van der Waals surface area contributed by atoms with Crippen LogP contribution in [-0.4, -0.2) is 31.3 Å². The van der Waals surface area contributed by atoms with Crippen molar-refractivity contribution < 1.29 is 19.0 Å². The van der Waals surface area contributed by atoms with Gasteiger partial charge in [0.15, 0.2) is 0 Å². The van der Waals surface area contributed by atoms with Crippen LogP contribution in [0.15, 0.2) is 24.3 Å². The zero-order valence-electron chi connectivity index (χ0n) is 11.2. The van der Waals surface area contributed by atoms with Crippen LogP contribution >= 0.6 is 0 Å². The summed E-state index contributed by atoms with van der Waals surface area (Å²) in [5, 5.41) is 12.4. The number of carbonyl (C=O) groups is 1. The Labute approximate surface area is 112 Å². The Kier molecular flexibility index (Phi) is 6.45. The highest BCUT2D eigenvalue weighted by atomic mass is 19.1. The maximum absolute atomic E-state index is 13.4. The van der Waals surface area contributed by atoms with E-state index in [1.807, 2.05) is 0 Å². The molecule has 5 heteroatoms. The molecule has 0 bridgehead atoms. The smallest absolute Gasteiger partial charge is 0.223 e. The first-order valence-electron chi connectivity index (χ1n) is 6.25. The SMILES string of the molecule is COCCC(C)C(=O)NCC(O)c1ccccc1F. The van der Waals surface area contributed by atoms with Crippen molar-refractivity contribution in [1.82, 2.24) is 5.32 Å². The highest BCUT2D eigenvalue weighted by molar-refractivity contribution is 5.78. The number of benzene rings is 1. The molecular formula is C14H20FNO3. The fourth-order valence-corrected chi connectivity index (χ4v) is 1.65. The Morgan fingerprint density at radius 3 is 2.79 bits per heavy atom. The number of ether oxygens (including phenoxy) is 1. The molecule has 0 fully saturated rings. The lowest BCUT2D eigenvalue weighted by molar-refractivity contribution is -0.125. The molecule has 1 amide bonds. The second-order valence-electron chi connectivity index (χ2n) is 4.46. The molecule has 0 saturated heterocycles. The largest absolute Gasteiger partial charge is 0.386 e. The number of aliphatic hydroxyl groups is 1. The molecule has 2 unspecified atom stereocenters. The molecule has 0 spiro atoms. The lowest BCUT2D eigenvalue weighted by atomic mass is 10.1. The molecule has 0 radical (unpaired) electrons. The van der Waals surface area contributed by atoms with Crippen LogP contribution in [0.3, 0.4) is 0 Å². The van der Waals surface area contributed by atoms with E-state index in [0.717, 1.165) is 0 Å². The van der Waals surface area contributed by atoms with E-state index in [2.05, 4.69) is 5.32 Å². The summed E-state index contributed by atoms with van der Waals surface area (Å²) in [6, 6.07) is 5.98. The van der Waals surface area contributed by atoms with E-state index in [1.165, 1.54) is 12.1 Å². The minimum atomic E-state index is -1.04. The quantitative estimate of drug-likeness (QED) is 0.791. The van der Waals surface area contributed by atoms with E-state index in [9.17, 15) is 14.3 Å². The van der Waals surface area contributed by atoms with Crippen molar-refractivity contribution in [3.05, 3.63) is 35.6 Å². The summed E-state index contributed by atoms with van der Waals surface area (Å²) in [4.78, 5) is 11.7. The van der Waals surface area contributed by atoms with E-state index < -0.39 is 11.9 Å². The van der Waals surface area contributed by atoms with Crippen LogP contribution in [0.2, 0.25) is 0 Å². The molecular weight excluding hydrogens is 249 g/mol. The van der Waals surface area contributed by atoms with E-state index in [4.69, 9.17) is 4.74 Å². The van der Waals surface area contributed by atoms with Gasteiger partial charge in [-0.05, 0) is 12.5 Å². The van der Waals surface area contributed by atoms with Gasteiger partial charge < -0.3 is 15.2 Å². The first-order valence-corrected chi connectivity index (χ1v) is 6.25. The second kappa shape index (κ2) is 7.86. The maximum Gasteiger partial charge on any atom is 0.223 e. The number of hydrogen-bond donors (Lipinski definition) is 2. The highest BCUT2D eigenvalue weighted by Crippen LogP contribution is 2.15. The Hall–Kier alpha value is -1.46. The third-order valence-corrected chi connectivity index (χ3v) is 2.94. The molecule has 1 rings (SSSR count). The minimum Gasteiger partial charge on any atom is -0.386 e. The normalized spacial score (nSPS) is 13.9. The molecule has 1 aromatic carbocycles. The zero-order chi connectivity index (χ0) is 14.3. The van der Waals surface area contributed by atoms with Crippen LogP contribution in [0.4, 0.5) is 4.39 Å². The van der Waals surface area contributed by atoms with Gasteiger partial charge in [0.05, 0.1) is 6.10 Å². The predicted molar refractivity (Wildman–Crippen MR) is 70.0 cm³/mol. The molecule has 19 heavy (non-hydrogen) atoms. The lowest BCUT2D eigenvalue weighted by Crippen LogP contribution is -2.33. The van der Waals surface area contributed by atoms with Crippen molar-refractivity contribution in [1.29, 1.82) is 0 Å². The summed E-state index contributed by atoms with van der Waals surface area (Å²) >= 11 is 0. The topological polar surface area (TPSA) is 58.6 Å². The number of rotatable bonds is 7. The fourth-order valence-electron chi connectivity index (χ4n) is 1.65. The summed E-state index contributed by atoms with van der Waals surface area (Å²) < 4.78 is 18.3. The molecule has 0 aliphatic rings. The Bertz CT molecular complexity index is 411. The zero-order valence-corrected chi connectivity index (χ0v) is 11.2. The third-order valence-electron chi connectivity index (χ3n) is 2.94. The monoisotopic (exact) mass is 269 g/mol. The summed E-state index contributed by atoms with van der Waals surface area (Å²) in [6.45, 7) is 2.28. The predicted octanol–water partition coefficient (Wildman–Crippen LogP) is 1.65. The van der Waals surface area contributed by atoms with Gasteiger partial charge in [0, 0.05) is 31.7 Å². The first-order chi connectivity index (χ1) is 9.06. The van der Waals surface area contributed by atoms with Gasteiger partial charge in [-0.2, -0.15) is 0 Å². The van der Waals surface area contributed by atoms with Crippen molar-refractivity contribution in [2.45, 2.75) is 19.4 Å². The Balaban J connectivity index is 2.44. The van der Waals surface area contributed by atoms with E-state index in [-0.39, 0.29) is 23.9 Å². The molecule has 0 heterocycles. The summed E-state index contributed by atoms with van der Waals surface area (Å²) in [6.07, 6.45) is -0.433. The van der Waals surface area contributed by atoms with Crippen molar-refractivity contribution in [2.24, 2.45) is 5.92 Å². The van der Waals surface area contributed by atoms with Crippen LogP contribution in [0, 0.1) is 11.7 Å². The van der Waals surface area contributed by atoms with Crippen LogP contribution in [0.25, 0.3) is 0 Å². The number of nitrogens with one attached hydrogen (secondary N) is 1. The van der Waals surface area contributed by atoms with Crippen LogP contribution in [0.1, 0.15) is 25.0 Å². The number of aliphatic hydroxyl groups excluding tert-OH is 1. The van der Waals surface area contributed by atoms with Gasteiger partial charge in [-0.15, -0.1) is 0 Å². The second-order valence-corrected chi connectivity index (χ2v) is 4.46. The van der Waals surface area contributed by atoms with Gasteiger partial charge in [0.1, 0.15) is 5.82 Å². The highest BCUT2D eigenvalue weighted by Gasteiger charge is 2.16. The summed E-state index contributed by atoms with van der Waals surface area (Å²) in [5.41, 5.74) is 0.187. The average molecular weight is 269 g/mol. The molecule has 4 nitrogen and oxygen atoms in total. The van der Waals surface area contributed by atoms with Crippen molar-refractivity contribution in [3.8, 4) is 0 Å². The standard InChI is InChI=1S/C14H20FNO3/c1-10(7-8-19-2)14(18)16-9-13(17)11-5-3-4-6-12(11)15/h3-6,10,13,17H,7-9H2,1-2H3,(H,16,18). The Morgan fingerprint density at radius 2 is 2.16 bits per heavy atom. The molecule has 0 saturated carbocycles. The minimum absolute atomic E-state index is 0.00289. The number of carbonyl (C=O) groups excluding carboxylic acids is 1. The maximum atomic E-state index is 13.4. The number of hydrogen-bond acceptors (Lipinski definition) is 3. The molecule has 0 aromatic heterocycles. The van der Waals surface area contributed by atoms with Crippen LogP contribution < -0.4 is 5.32 Å². The molecule has 0 aliphatic carbocycles. The van der Waals surface area contributed by atoms with Crippen LogP contribution in [0.5, 0.6) is 0 Å².